The highest BCUT2D eigenvalue weighted by Crippen LogP contribution is 2.49. The molecule has 0 aromatic heterocycles. The minimum absolute atomic E-state index is 0.0166. The summed E-state index contributed by atoms with van der Waals surface area (Å²) in [5.74, 6) is 0.405. The van der Waals surface area contributed by atoms with Gasteiger partial charge in [0.2, 0.25) is 0 Å². The highest BCUT2D eigenvalue weighted by atomic mass is 16.7. The van der Waals surface area contributed by atoms with Crippen molar-refractivity contribution in [1.29, 1.82) is 0 Å². The molecule has 5 heteroatoms. The monoisotopic (exact) mass is 276 g/mol. The lowest BCUT2D eigenvalue weighted by molar-refractivity contribution is -0.165. The third-order valence-corrected chi connectivity index (χ3v) is 5.62. The van der Waals surface area contributed by atoms with Crippen LogP contribution in [0, 0.1) is 23.7 Å². The number of esters is 2. The van der Waals surface area contributed by atoms with Gasteiger partial charge < -0.3 is 14.2 Å². The van der Waals surface area contributed by atoms with Crippen LogP contribution < -0.4 is 0 Å². The minimum Gasteiger partial charge on any atom is -0.455 e. The molecule has 1 saturated carbocycles. The van der Waals surface area contributed by atoms with E-state index in [1.54, 1.807) is 0 Å². The Bertz CT molecular complexity index is 526. The first-order valence-corrected chi connectivity index (χ1v) is 7.45. The third-order valence-electron chi connectivity index (χ3n) is 5.62. The van der Waals surface area contributed by atoms with Crippen LogP contribution in [0.4, 0.5) is 0 Å². The van der Waals surface area contributed by atoms with Crippen molar-refractivity contribution in [3.8, 4) is 0 Å². The molecule has 8 atom stereocenters. The molecule has 2 aliphatic carbocycles. The second-order valence-corrected chi connectivity index (χ2v) is 6.67. The second kappa shape index (κ2) is 3.64. The van der Waals surface area contributed by atoms with E-state index in [9.17, 15) is 9.59 Å². The summed E-state index contributed by atoms with van der Waals surface area (Å²) in [6.07, 6.45) is 5.85. The molecular formula is C15H16O5. The molecule has 0 aromatic rings. The molecule has 5 nitrogen and oxygen atoms in total. The van der Waals surface area contributed by atoms with Crippen LogP contribution in [0.1, 0.15) is 19.3 Å². The molecular weight excluding hydrogens is 260 g/mol. The molecule has 8 unspecified atom stereocenters. The van der Waals surface area contributed by atoms with Crippen LogP contribution in [0.2, 0.25) is 0 Å². The van der Waals surface area contributed by atoms with E-state index in [0.29, 0.717) is 18.3 Å². The molecule has 5 aliphatic rings. The Morgan fingerprint density at radius 3 is 2.85 bits per heavy atom. The van der Waals surface area contributed by atoms with Crippen LogP contribution >= 0.6 is 0 Å². The van der Waals surface area contributed by atoms with E-state index in [1.807, 2.05) is 0 Å². The van der Waals surface area contributed by atoms with E-state index < -0.39 is 6.10 Å². The fourth-order valence-corrected chi connectivity index (χ4v) is 4.66. The predicted molar refractivity (Wildman–Crippen MR) is 65.4 cm³/mol. The van der Waals surface area contributed by atoms with Gasteiger partial charge in [0.05, 0.1) is 17.9 Å². The highest BCUT2D eigenvalue weighted by Gasteiger charge is 2.65. The van der Waals surface area contributed by atoms with Gasteiger partial charge in [-0.05, 0) is 31.1 Å². The highest BCUT2D eigenvalue weighted by molar-refractivity contribution is 5.78. The molecule has 20 heavy (non-hydrogen) atoms. The molecule has 4 bridgehead atoms. The maximum atomic E-state index is 12.4. The van der Waals surface area contributed by atoms with Crippen molar-refractivity contribution in [2.24, 2.45) is 23.7 Å². The van der Waals surface area contributed by atoms with Gasteiger partial charge in [0, 0.05) is 0 Å². The molecule has 0 N–H and O–H groups in total. The normalized spacial score (nSPS) is 53.7. The number of allylic oxidation sites excluding steroid dienone is 2. The van der Waals surface area contributed by atoms with Crippen molar-refractivity contribution in [3.05, 3.63) is 12.2 Å². The summed E-state index contributed by atoms with van der Waals surface area (Å²) < 4.78 is 16.7. The quantitative estimate of drug-likeness (QED) is 0.552. The van der Waals surface area contributed by atoms with E-state index in [-0.39, 0.29) is 42.1 Å². The Balaban J connectivity index is 1.32. The van der Waals surface area contributed by atoms with Crippen molar-refractivity contribution in [2.45, 2.75) is 43.7 Å². The van der Waals surface area contributed by atoms with Gasteiger partial charge in [0.15, 0.2) is 12.2 Å². The summed E-state index contributed by atoms with van der Waals surface area (Å²) >= 11 is 0. The van der Waals surface area contributed by atoms with E-state index in [4.69, 9.17) is 14.2 Å². The number of ether oxygens (including phenoxy) is 3. The SMILES string of the molecule is O=C(OC1C2CC3C(=O)OC1C3O2)C1CC2C=CC1C2. The average Bonchev–Trinajstić information content (AvgIpc) is 3.19. The molecule has 106 valence electrons. The maximum Gasteiger partial charge on any atom is 0.312 e. The maximum absolute atomic E-state index is 12.4. The van der Waals surface area contributed by atoms with E-state index >= 15 is 0 Å². The molecule has 0 aromatic carbocycles. The molecule has 0 radical (unpaired) electrons. The van der Waals surface area contributed by atoms with Crippen LogP contribution in [0.5, 0.6) is 0 Å². The fraction of sp³-hybridized carbons (Fsp3) is 0.733. The molecule has 3 saturated heterocycles. The molecule has 3 aliphatic heterocycles. The summed E-state index contributed by atoms with van der Waals surface area (Å²) in [5, 5.41) is 0. The molecule has 0 spiro atoms. The van der Waals surface area contributed by atoms with E-state index in [1.165, 1.54) is 0 Å². The van der Waals surface area contributed by atoms with Crippen molar-refractivity contribution >= 4 is 11.9 Å². The second-order valence-electron chi connectivity index (χ2n) is 6.67. The van der Waals surface area contributed by atoms with Crippen LogP contribution in [-0.4, -0.2) is 36.4 Å². The van der Waals surface area contributed by atoms with Gasteiger partial charge in [-0.2, -0.15) is 0 Å². The zero-order valence-corrected chi connectivity index (χ0v) is 10.9. The van der Waals surface area contributed by atoms with Crippen LogP contribution in [0.25, 0.3) is 0 Å². The van der Waals surface area contributed by atoms with Gasteiger partial charge in [-0.25, -0.2) is 0 Å². The molecule has 0 amide bonds. The van der Waals surface area contributed by atoms with Crippen molar-refractivity contribution in [3.63, 3.8) is 0 Å². The summed E-state index contributed by atoms with van der Waals surface area (Å²) in [6, 6.07) is 0. The van der Waals surface area contributed by atoms with Crippen molar-refractivity contribution in [2.75, 3.05) is 0 Å². The van der Waals surface area contributed by atoms with E-state index in [0.717, 1.165) is 12.8 Å². The Labute approximate surface area is 116 Å². The first-order valence-electron chi connectivity index (χ1n) is 7.45. The van der Waals surface area contributed by atoms with Crippen LogP contribution in [0.15, 0.2) is 12.2 Å². The van der Waals surface area contributed by atoms with Gasteiger partial charge in [0.25, 0.3) is 0 Å². The smallest absolute Gasteiger partial charge is 0.312 e. The third kappa shape index (κ3) is 1.31. The summed E-state index contributed by atoms with van der Waals surface area (Å²) in [6.45, 7) is 0. The topological polar surface area (TPSA) is 61.8 Å². The zero-order valence-electron chi connectivity index (χ0n) is 10.9. The number of hydrogen-bond donors (Lipinski definition) is 0. The lowest BCUT2D eigenvalue weighted by Gasteiger charge is -2.25. The van der Waals surface area contributed by atoms with Crippen LogP contribution in [-0.2, 0) is 23.8 Å². The zero-order chi connectivity index (χ0) is 13.4. The summed E-state index contributed by atoms with van der Waals surface area (Å²) in [7, 11) is 0. The summed E-state index contributed by atoms with van der Waals surface area (Å²) in [4.78, 5) is 24.0. The lowest BCUT2D eigenvalue weighted by atomic mass is 9.88. The number of carbonyl (C=O) groups excluding carboxylic acids is 2. The first kappa shape index (κ1) is 11.3. The number of hydrogen-bond acceptors (Lipinski definition) is 5. The predicted octanol–water partition coefficient (Wildman–Crippen LogP) is 0.823. The molecule has 5 rings (SSSR count). The number of carbonyl (C=O) groups is 2. The van der Waals surface area contributed by atoms with Crippen molar-refractivity contribution < 1.29 is 23.8 Å². The molecule has 4 fully saturated rings. The van der Waals surface area contributed by atoms with Gasteiger partial charge in [0.1, 0.15) is 6.10 Å². The Morgan fingerprint density at radius 1 is 1.20 bits per heavy atom. The van der Waals surface area contributed by atoms with Crippen LogP contribution in [0.3, 0.4) is 0 Å². The first-order chi connectivity index (χ1) is 9.70. The Hall–Kier alpha value is -1.36. The molecule has 3 heterocycles. The average molecular weight is 276 g/mol. The Kier molecular flexibility index (Phi) is 2.06. The van der Waals surface area contributed by atoms with Crippen molar-refractivity contribution in [1.82, 2.24) is 0 Å². The fourth-order valence-electron chi connectivity index (χ4n) is 4.66. The van der Waals surface area contributed by atoms with E-state index in [2.05, 4.69) is 12.2 Å². The lowest BCUT2D eigenvalue weighted by Crippen LogP contribution is -2.41. The number of rotatable bonds is 2. The summed E-state index contributed by atoms with van der Waals surface area (Å²) in [5.41, 5.74) is 0. The van der Waals surface area contributed by atoms with Gasteiger partial charge in [-0.3, -0.25) is 9.59 Å². The van der Waals surface area contributed by atoms with Gasteiger partial charge >= 0.3 is 11.9 Å². The largest absolute Gasteiger partial charge is 0.455 e. The number of fused-ring (bicyclic) bond motifs is 3. The van der Waals surface area contributed by atoms with Gasteiger partial charge in [-0.1, -0.05) is 12.2 Å². The standard InChI is InChI=1S/C15H16O5/c16-14(8-4-6-1-2-7(8)3-6)19-12-10-5-9-11(18-10)13(12)20-15(9)17/h1-2,6-13H,3-5H2. The minimum atomic E-state index is -0.390. The Morgan fingerprint density at radius 2 is 2.10 bits per heavy atom. The van der Waals surface area contributed by atoms with Gasteiger partial charge in [-0.15, -0.1) is 0 Å².